The third-order valence-corrected chi connectivity index (χ3v) is 5.28. The lowest BCUT2D eigenvalue weighted by molar-refractivity contribution is -0.138. The highest BCUT2D eigenvalue weighted by atomic mass is 19.4. The fourth-order valence-electron chi connectivity index (χ4n) is 3.62. The van der Waals surface area contributed by atoms with Gasteiger partial charge in [0.1, 0.15) is 17.5 Å². The van der Waals surface area contributed by atoms with Crippen molar-refractivity contribution in [2.75, 3.05) is 26.0 Å². The first-order chi connectivity index (χ1) is 14.0. The molecule has 5 nitrogen and oxygen atoms in total. The van der Waals surface area contributed by atoms with Gasteiger partial charge in [-0.1, -0.05) is 12.1 Å². The quantitative estimate of drug-likeness (QED) is 0.597. The first kappa shape index (κ1) is 21.6. The third-order valence-electron chi connectivity index (χ3n) is 5.28. The van der Waals surface area contributed by atoms with Crippen molar-refractivity contribution in [1.29, 1.82) is 0 Å². The summed E-state index contributed by atoms with van der Waals surface area (Å²) in [5.74, 6) is -3.63. The number of methoxy groups -OCH3 is 1. The van der Waals surface area contributed by atoms with Crippen LogP contribution >= 0.6 is 0 Å². The van der Waals surface area contributed by atoms with E-state index in [0.29, 0.717) is 5.56 Å². The van der Waals surface area contributed by atoms with E-state index in [4.69, 9.17) is 4.74 Å². The molecule has 1 heterocycles. The molecule has 1 fully saturated rings. The Hall–Kier alpha value is -3.10. The maximum Gasteiger partial charge on any atom is 0.416 e. The SMILES string of the molecule is COc1cc(C(F)(F)F)ccc1[C@H]1CN(C)C(=O)[C@@H]1C(=O)Nc1cccc(F)c1C. The Labute approximate surface area is 170 Å². The highest BCUT2D eigenvalue weighted by Crippen LogP contribution is 2.41. The molecule has 0 saturated carbocycles. The molecule has 160 valence electrons. The van der Waals surface area contributed by atoms with Gasteiger partial charge in [0.15, 0.2) is 0 Å². The Morgan fingerprint density at radius 3 is 2.57 bits per heavy atom. The van der Waals surface area contributed by atoms with Gasteiger partial charge in [-0.15, -0.1) is 0 Å². The van der Waals surface area contributed by atoms with Crippen LogP contribution in [0.3, 0.4) is 0 Å². The van der Waals surface area contributed by atoms with Crippen LogP contribution in [-0.4, -0.2) is 37.4 Å². The molecule has 0 spiro atoms. The first-order valence-corrected chi connectivity index (χ1v) is 9.10. The van der Waals surface area contributed by atoms with E-state index in [1.165, 1.54) is 50.2 Å². The van der Waals surface area contributed by atoms with Crippen LogP contribution < -0.4 is 10.1 Å². The maximum atomic E-state index is 13.8. The fraction of sp³-hybridized carbons (Fsp3) is 0.333. The lowest BCUT2D eigenvalue weighted by atomic mass is 9.86. The van der Waals surface area contributed by atoms with Gasteiger partial charge in [0, 0.05) is 36.3 Å². The van der Waals surface area contributed by atoms with Gasteiger partial charge in [-0.25, -0.2) is 4.39 Å². The number of ether oxygens (including phenoxy) is 1. The molecule has 1 aliphatic rings. The van der Waals surface area contributed by atoms with Gasteiger partial charge in [-0.2, -0.15) is 13.2 Å². The van der Waals surface area contributed by atoms with Crippen molar-refractivity contribution in [3.05, 3.63) is 58.9 Å². The number of carbonyl (C=O) groups excluding carboxylic acids is 2. The molecule has 30 heavy (non-hydrogen) atoms. The van der Waals surface area contributed by atoms with Crippen molar-refractivity contribution < 1.29 is 31.9 Å². The van der Waals surface area contributed by atoms with E-state index in [9.17, 15) is 27.2 Å². The van der Waals surface area contributed by atoms with Gasteiger partial charge < -0.3 is 15.0 Å². The average molecular weight is 424 g/mol. The van der Waals surface area contributed by atoms with Crippen molar-refractivity contribution in [3.8, 4) is 5.75 Å². The van der Waals surface area contributed by atoms with E-state index in [1.807, 2.05) is 0 Å². The fourth-order valence-corrected chi connectivity index (χ4v) is 3.62. The molecular weight excluding hydrogens is 404 g/mol. The number of nitrogens with one attached hydrogen (secondary N) is 1. The number of hydrogen-bond donors (Lipinski definition) is 1. The molecule has 1 saturated heterocycles. The molecule has 0 aliphatic carbocycles. The van der Waals surface area contributed by atoms with Crippen LogP contribution in [0.1, 0.15) is 22.6 Å². The van der Waals surface area contributed by atoms with Crippen molar-refractivity contribution in [3.63, 3.8) is 0 Å². The predicted molar refractivity (Wildman–Crippen MR) is 102 cm³/mol. The number of likely N-dealkylation sites (N-methyl/N-ethyl adjacent to an activating group) is 1. The third kappa shape index (κ3) is 3.96. The Kier molecular flexibility index (Phi) is 5.74. The summed E-state index contributed by atoms with van der Waals surface area (Å²) in [6, 6.07) is 7.15. The molecule has 1 N–H and O–H groups in total. The normalized spacial score (nSPS) is 19.2. The number of likely N-dealkylation sites (tertiary alicyclic amines) is 1. The molecule has 0 aromatic heterocycles. The van der Waals surface area contributed by atoms with Crippen LogP contribution in [-0.2, 0) is 15.8 Å². The van der Waals surface area contributed by atoms with Gasteiger partial charge in [0.25, 0.3) is 0 Å². The predicted octanol–water partition coefficient (Wildman–Crippen LogP) is 3.97. The summed E-state index contributed by atoms with van der Waals surface area (Å²) in [5, 5.41) is 2.57. The van der Waals surface area contributed by atoms with Crippen molar-refractivity contribution in [2.24, 2.45) is 5.92 Å². The zero-order valence-corrected chi connectivity index (χ0v) is 16.5. The summed E-state index contributed by atoms with van der Waals surface area (Å²) in [7, 11) is 2.73. The van der Waals surface area contributed by atoms with Crippen LogP contribution in [0.2, 0.25) is 0 Å². The van der Waals surface area contributed by atoms with Crippen LogP contribution in [0, 0.1) is 18.7 Å². The van der Waals surface area contributed by atoms with E-state index >= 15 is 0 Å². The molecule has 0 bridgehead atoms. The second-order valence-corrected chi connectivity index (χ2v) is 7.16. The number of nitrogens with zero attached hydrogens (tertiary/aromatic N) is 1. The highest BCUT2D eigenvalue weighted by molar-refractivity contribution is 6.08. The van der Waals surface area contributed by atoms with Crippen LogP contribution in [0.25, 0.3) is 0 Å². The molecule has 2 aromatic carbocycles. The Balaban J connectivity index is 1.97. The zero-order chi connectivity index (χ0) is 22.2. The van der Waals surface area contributed by atoms with Gasteiger partial charge in [-0.05, 0) is 31.2 Å². The minimum Gasteiger partial charge on any atom is -0.496 e. The van der Waals surface area contributed by atoms with Crippen molar-refractivity contribution in [1.82, 2.24) is 4.90 Å². The molecule has 1 aliphatic heterocycles. The molecular formula is C21H20F4N2O3. The largest absolute Gasteiger partial charge is 0.496 e. The van der Waals surface area contributed by atoms with Gasteiger partial charge in [0.05, 0.1) is 12.7 Å². The van der Waals surface area contributed by atoms with Crippen LogP contribution in [0.5, 0.6) is 5.75 Å². The van der Waals surface area contributed by atoms with E-state index in [0.717, 1.165) is 12.1 Å². The standard InChI is InChI=1S/C21H20F4N2O3/c1-11-15(22)5-4-6-16(11)26-19(28)18-14(10-27(2)20(18)29)13-8-7-12(21(23,24)25)9-17(13)30-3/h4-9,14,18H,10H2,1-3H3,(H,26,28)/t14-,18+/m1/s1. The lowest BCUT2D eigenvalue weighted by Crippen LogP contribution is -2.33. The van der Waals surface area contributed by atoms with E-state index in [-0.39, 0.29) is 23.5 Å². The second kappa shape index (κ2) is 7.97. The number of anilines is 1. The molecule has 9 heteroatoms. The molecule has 0 unspecified atom stereocenters. The van der Waals surface area contributed by atoms with E-state index in [2.05, 4.69) is 5.32 Å². The molecule has 2 amide bonds. The number of halogens is 4. The Morgan fingerprint density at radius 2 is 1.93 bits per heavy atom. The van der Waals surface area contributed by atoms with Crippen LogP contribution in [0.15, 0.2) is 36.4 Å². The van der Waals surface area contributed by atoms with E-state index < -0.39 is 41.2 Å². The van der Waals surface area contributed by atoms with Gasteiger partial charge in [0.2, 0.25) is 11.8 Å². The summed E-state index contributed by atoms with van der Waals surface area (Å²) in [4.78, 5) is 26.9. The van der Waals surface area contributed by atoms with Crippen molar-refractivity contribution >= 4 is 17.5 Å². The Morgan fingerprint density at radius 1 is 1.23 bits per heavy atom. The lowest BCUT2D eigenvalue weighted by Gasteiger charge is -2.21. The molecule has 2 aromatic rings. The van der Waals surface area contributed by atoms with Crippen LogP contribution in [0.4, 0.5) is 23.2 Å². The van der Waals surface area contributed by atoms with E-state index in [1.54, 1.807) is 0 Å². The highest BCUT2D eigenvalue weighted by Gasteiger charge is 2.45. The number of rotatable bonds is 4. The number of benzene rings is 2. The average Bonchev–Trinajstić information content (AvgIpc) is 2.98. The summed E-state index contributed by atoms with van der Waals surface area (Å²) in [6.07, 6.45) is -4.56. The van der Waals surface area contributed by atoms with Gasteiger partial charge in [-0.3, -0.25) is 9.59 Å². The zero-order valence-electron chi connectivity index (χ0n) is 16.5. The Bertz CT molecular complexity index is 991. The summed E-state index contributed by atoms with van der Waals surface area (Å²) < 4.78 is 58.0. The molecule has 2 atom stereocenters. The first-order valence-electron chi connectivity index (χ1n) is 9.10. The maximum absolute atomic E-state index is 13.8. The summed E-state index contributed by atoms with van der Waals surface area (Å²) in [5.41, 5.74) is -0.134. The molecule has 3 rings (SSSR count). The van der Waals surface area contributed by atoms with Gasteiger partial charge >= 0.3 is 6.18 Å². The number of hydrogen-bond acceptors (Lipinski definition) is 3. The monoisotopic (exact) mass is 424 g/mol. The molecule has 0 radical (unpaired) electrons. The number of carbonyl (C=O) groups is 2. The smallest absolute Gasteiger partial charge is 0.416 e. The summed E-state index contributed by atoms with van der Waals surface area (Å²) in [6.45, 7) is 1.62. The topological polar surface area (TPSA) is 58.6 Å². The number of amides is 2. The number of alkyl halides is 3. The van der Waals surface area contributed by atoms with Crippen molar-refractivity contribution in [2.45, 2.75) is 19.0 Å². The minimum atomic E-state index is -4.56. The minimum absolute atomic E-state index is 0.0577. The second-order valence-electron chi connectivity index (χ2n) is 7.16. The summed E-state index contributed by atoms with van der Waals surface area (Å²) >= 11 is 0.